The lowest BCUT2D eigenvalue weighted by atomic mass is 10.2. The van der Waals surface area contributed by atoms with Crippen LogP contribution in [0.4, 0.5) is 13.9 Å². The van der Waals surface area contributed by atoms with E-state index < -0.39 is 23.1 Å². The number of carbonyl (C=O) groups is 2. The Morgan fingerprint density at radius 1 is 1.35 bits per heavy atom. The van der Waals surface area contributed by atoms with E-state index in [1.165, 1.54) is 6.07 Å². The van der Waals surface area contributed by atoms with Crippen LogP contribution < -0.4 is 5.32 Å². The molecule has 1 aliphatic rings. The molecular weight excluding hydrogens is 390 g/mol. The van der Waals surface area contributed by atoms with Gasteiger partial charge in [0.25, 0.3) is 5.91 Å². The van der Waals surface area contributed by atoms with E-state index in [-0.39, 0.29) is 15.7 Å². The van der Waals surface area contributed by atoms with E-state index in [0.29, 0.717) is 17.0 Å². The van der Waals surface area contributed by atoms with Gasteiger partial charge in [-0.3, -0.25) is 14.9 Å². The van der Waals surface area contributed by atoms with Crippen molar-refractivity contribution in [2.45, 2.75) is 24.1 Å². The number of carbonyl (C=O) groups excluding carboxylic acids is 2. The lowest BCUT2D eigenvalue weighted by Gasteiger charge is -2.04. The van der Waals surface area contributed by atoms with E-state index in [2.05, 4.69) is 26.2 Å². The molecule has 8 heteroatoms. The molecule has 2 aromatic rings. The minimum Gasteiger partial charge on any atom is -0.298 e. The highest BCUT2D eigenvalue weighted by molar-refractivity contribution is 9.10. The zero-order chi connectivity index (χ0) is 16.6. The fourth-order valence-electron chi connectivity index (χ4n) is 2.36. The number of rotatable bonds is 2. The highest BCUT2D eigenvalue weighted by Crippen LogP contribution is 2.31. The third-order valence-corrected chi connectivity index (χ3v) is 5.39. The first kappa shape index (κ1) is 16.2. The summed E-state index contributed by atoms with van der Waals surface area (Å²) in [6.45, 7) is 0. The topological polar surface area (TPSA) is 59.1 Å². The summed E-state index contributed by atoms with van der Waals surface area (Å²) in [6, 6.07) is 3.20. The molecule has 0 saturated heterocycles. The van der Waals surface area contributed by atoms with Gasteiger partial charge in [0.1, 0.15) is 17.2 Å². The van der Waals surface area contributed by atoms with Gasteiger partial charge in [-0.1, -0.05) is 33.3 Å². The normalized spacial score (nSPS) is 17.5. The molecule has 120 valence electrons. The van der Waals surface area contributed by atoms with Crippen molar-refractivity contribution in [3.8, 4) is 0 Å². The summed E-state index contributed by atoms with van der Waals surface area (Å²) in [4.78, 5) is 28.7. The predicted octanol–water partition coefficient (Wildman–Crippen LogP) is 3.96. The second kappa shape index (κ2) is 6.45. The van der Waals surface area contributed by atoms with E-state index >= 15 is 0 Å². The Bertz CT molecular complexity index is 774. The summed E-state index contributed by atoms with van der Waals surface area (Å²) in [5.74, 6) is -2.89. The van der Waals surface area contributed by atoms with Crippen molar-refractivity contribution in [3.05, 3.63) is 46.0 Å². The average molecular weight is 401 g/mol. The molecule has 0 radical (unpaired) electrons. The lowest BCUT2D eigenvalue weighted by molar-refractivity contribution is 0.0991. The number of nitrogens with zero attached hydrogens (tertiary/aromatic N) is 1. The number of Topliss-reactive ketones (excluding diaryl/α,β-unsaturated/α-hetero) is 1. The number of hydrogen-bond acceptors (Lipinski definition) is 4. The molecule has 0 bridgehead atoms. The zero-order valence-electron chi connectivity index (χ0n) is 11.7. The van der Waals surface area contributed by atoms with Crippen LogP contribution in [0.2, 0.25) is 0 Å². The molecule has 23 heavy (non-hydrogen) atoms. The zero-order valence-corrected chi connectivity index (χ0v) is 14.1. The van der Waals surface area contributed by atoms with Crippen molar-refractivity contribution < 1.29 is 18.4 Å². The maximum absolute atomic E-state index is 13.6. The van der Waals surface area contributed by atoms with E-state index in [0.717, 1.165) is 36.3 Å². The monoisotopic (exact) mass is 400 g/mol. The Balaban J connectivity index is 1.87. The first-order chi connectivity index (χ1) is 11.0. The molecule has 1 aromatic heterocycles. The second-order valence-electron chi connectivity index (χ2n) is 5.07. The summed E-state index contributed by atoms with van der Waals surface area (Å²) in [5.41, 5.74) is -0.0474. The van der Waals surface area contributed by atoms with E-state index in [1.54, 1.807) is 0 Å². The van der Waals surface area contributed by atoms with Crippen LogP contribution in [-0.4, -0.2) is 21.5 Å². The standard InChI is InChI=1S/C15H11BrF2N2O2S/c16-7-3-1-6-10-13(12(7)21)23-15(19-10)20-14(22)11-8(17)4-2-5-9(11)18/h2,4-5,7H,1,3,6H2,(H,19,20,22). The molecule has 0 spiro atoms. The number of thiazole rings is 1. The van der Waals surface area contributed by atoms with Crippen molar-refractivity contribution in [1.29, 1.82) is 0 Å². The van der Waals surface area contributed by atoms with Crippen molar-refractivity contribution in [3.63, 3.8) is 0 Å². The fourth-order valence-corrected chi connectivity index (χ4v) is 4.07. The Labute approximate surface area is 143 Å². The molecule has 0 aliphatic heterocycles. The predicted molar refractivity (Wildman–Crippen MR) is 86.4 cm³/mol. The second-order valence-corrected chi connectivity index (χ2v) is 7.17. The van der Waals surface area contributed by atoms with Gasteiger partial charge in [-0.25, -0.2) is 13.8 Å². The minimum atomic E-state index is -0.947. The van der Waals surface area contributed by atoms with Crippen molar-refractivity contribution in [2.75, 3.05) is 5.32 Å². The van der Waals surface area contributed by atoms with E-state index in [1.807, 2.05) is 0 Å². The number of anilines is 1. The summed E-state index contributed by atoms with van der Waals surface area (Å²) < 4.78 is 27.2. The van der Waals surface area contributed by atoms with Crippen LogP contribution in [-0.2, 0) is 6.42 Å². The molecule has 3 rings (SSSR count). The number of amides is 1. The molecule has 0 fully saturated rings. The number of ketones is 1. The number of alkyl halides is 1. The molecule has 1 unspecified atom stereocenters. The molecule has 1 atom stereocenters. The number of aromatic nitrogens is 1. The maximum Gasteiger partial charge on any atom is 0.263 e. The number of halogens is 3. The molecule has 1 amide bonds. The van der Waals surface area contributed by atoms with Crippen LogP contribution in [0.5, 0.6) is 0 Å². The SMILES string of the molecule is O=C(Nc1nc2c(s1)C(=O)C(Br)CCC2)c1c(F)cccc1F. The first-order valence-electron chi connectivity index (χ1n) is 6.90. The van der Waals surface area contributed by atoms with Crippen LogP contribution >= 0.6 is 27.3 Å². The third-order valence-electron chi connectivity index (χ3n) is 3.49. The van der Waals surface area contributed by atoms with Crippen LogP contribution in [0.25, 0.3) is 0 Å². The summed E-state index contributed by atoms with van der Waals surface area (Å²) in [5, 5.41) is 2.54. The van der Waals surface area contributed by atoms with Gasteiger partial charge in [0.05, 0.1) is 15.4 Å². The lowest BCUT2D eigenvalue weighted by Crippen LogP contribution is -2.15. The minimum absolute atomic E-state index is 0.0763. The van der Waals surface area contributed by atoms with Gasteiger partial charge in [-0.15, -0.1) is 0 Å². The summed E-state index contributed by atoms with van der Waals surface area (Å²) in [6.07, 6.45) is 2.15. The van der Waals surface area contributed by atoms with Crippen molar-refractivity contribution in [1.82, 2.24) is 4.98 Å². The largest absolute Gasteiger partial charge is 0.298 e. The van der Waals surface area contributed by atoms with Crippen molar-refractivity contribution >= 4 is 44.1 Å². The van der Waals surface area contributed by atoms with Gasteiger partial charge in [0.2, 0.25) is 0 Å². The Hall–Kier alpha value is -1.67. The number of hydrogen-bond donors (Lipinski definition) is 1. The van der Waals surface area contributed by atoms with E-state index in [4.69, 9.17) is 0 Å². The van der Waals surface area contributed by atoms with Gasteiger partial charge in [-0.2, -0.15) is 0 Å². The highest BCUT2D eigenvalue weighted by atomic mass is 79.9. The van der Waals surface area contributed by atoms with Crippen molar-refractivity contribution in [2.24, 2.45) is 0 Å². The molecule has 1 N–H and O–H groups in total. The third kappa shape index (κ3) is 3.18. The van der Waals surface area contributed by atoms with E-state index in [9.17, 15) is 18.4 Å². The average Bonchev–Trinajstić information content (AvgIpc) is 2.83. The molecule has 1 heterocycles. The van der Waals surface area contributed by atoms with Crippen LogP contribution in [0.1, 0.15) is 38.6 Å². The maximum atomic E-state index is 13.6. The highest BCUT2D eigenvalue weighted by Gasteiger charge is 2.28. The summed E-state index contributed by atoms with van der Waals surface area (Å²) >= 11 is 4.36. The van der Waals surface area contributed by atoms with Gasteiger partial charge < -0.3 is 0 Å². The number of fused-ring (bicyclic) bond motifs is 1. The molecule has 1 aromatic carbocycles. The van der Waals surface area contributed by atoms with Crippen LogP contribution in [0.15, 0.2) is 18.2 Å². The van der Waals surface area contributed by atoms with Crippen LogP contribution in [0, 0.1) is 11.6 Å². The number of benzene rings is 1. The first-order valence-corrected chi connectivity index (χ1v) is 8.64. The number of aryl methyl sites for hydroxylation is 1. The number of nitrogens with one attached hydrogen (secondary N) is 1. The van der Waals surface area contributed by atoms with Gasteiger partial charge >= 0.3 is 0 Å². The van der Waals surface area contributed by atoms with Gasteiger partial charge in [0, 0.05) is 0 Å². The molecule has 4 nitrogen and oxygen atoms in total. The molecule has 1 aliphatic carbocycles. The quantitative estimate of drug-likeness (QED) is 0.612. The molecular formula is C15H11BrF2N2O2S. The summed E-state index contributed by atoms with van der Waals surface area (Å²) in [7, 11) is 0. The van der Waals surface area contributed by atoms with Gasteiger partial charge in [0.15, 0.2) is 10.9 Å². The molecule has 0 saturated carbocycles. The van der Waals surface area contributed by atoms with Gasteiger partial charge in [-0.05, 0) is 31.4 Å². The fraction of sp³-hybridized carbons (Fsp3) is 0.267. The Kier molecular flexibility index (Phi) is 4.54. The Morgan fingerprint density at radius 2 is 2.04 bits per heavy atom. The van der Waals surface area contributed by atoms with Crippen LogP contribution in [0.3, 0.4) is 0 Å². The smallest absolute Gasteiger partial charge is 0.263 e. The Morgan fingerprint density at radius 3 is 2.74 bits per heavy atom.